The van der Waals surface area contributed by atoms with Gasteiger partial charge in [0.1, 0.15) is 0 Å². The summed E-state index contributed by atoms with van der Waals surface area (Å²) >= 11 is 0. The standard InChI is InChI=1S/C12H21N/c1-2-4-11(13-10-5-6-10)12(7-3-1)8-9-12/h10-11,13H,1-9H2. The topological polar surface area (TPSA) is 12.0 Å². The lowest BCUT2D eigenvalue weighted by Crippen LogP contribution is -2.38. The Morgan fingerprint density at radius 1 is 0.846 bits per heavy atom. The minimum absolute atomic E-state index is 0.791. The van der Waals surface area contributed by atoms with Crippen LogP contribution in [0.5, 0.6) is 0 Å². The Bertz CT molecular complexity index is 191. The quantitative estimate of drug-likeness (QED) is 0.687. The second kappa shape index (κ2) is 2.98. The van der Waals surface area contributed by atoms with Crippen LogP contribution in [0.25, 0.3) is 0 Å². The van der Waals surface area contributed by atoms with Crippen molar-refractivity contribution in [2.45, 2.75) is 69.9 Å². The van der Waals surface area contributed by atoms with Crippen molar-refractivity contribution in [2.75, 3.05) is 0 Å². The van der Waals surface area contributed by atoms with E-state index < -0.39 is 0 Å². The molecule has 0 aromatic carbocycles. The van der Waals surface area contributed by atoms with Crippen molar-refractivity contribution in [3.63, 3.8) is 0 Å². The smallest absolute Gasteiger partial charge is 0.0126 e. The van der Waals surface area contributed by atoms with E-state index >= 15 is 0 Å². The molecule has 0 bridgehead atoms. The van der Waals surface area contributed by atoms with E-state index in [0.717, 1.165) is 17.5 Å². The fourth-order valence-electron chi connectivity index (χ4n) is 3.04. The Kier molecular flexibility index (Phi) is 1.90. The predicted octanol–water partition coefficient (Wildman–Crippen LogP) is 2.85. The van der Waals surface area contributed by atoms with Crippen molar-refractivity contribution >= 4 is 0 Å². The fraction of sp³-hybridized carbons (Fsp3) is 1.00. The molecule has 0 amide bonds. The zero-order valence-corrected chi connectivity index (χ0v) is 8.52. The molecule has 1 N–H and O–H groups in total. The maximum atomic E-state index is 3.89. The van der Waals surface area contributed by atoms with E-state index in [2.05, 4.69) is 5.32 Å². The van der Waals surface area contributed by atoms with Crippen LogP contribution in [-0.4, -0.2) is 12.1 Å². The molecule has 0 saturated heterocycles. The molecule has 0 aromatic heterocycles. The Hall–Kier alpha value is -0.0400. The highest BCUT2D eigenvalue weighted by molar-refractivity contribution is 5.04. The molecule has 0 radical (unpaired) electrons. The average molecular weight is 179 g/mol. The predicted molar refractivity (Wildman–Crippen MR) is 54.7 cm³/mol. The molecule has 13 heavy (non-hydrogen) atoms. The molecule has 3 rings (SSSR count). The lowest BCUT2D eigenvalue weighted by molar-refractivity contribution is 0.310. The maximum absolute atomic E-state index is 3.89. The monoisotopic (exact) mass is 179 g/mol. The van der Waals surface area contributed by atoms with Crippen LogP contribution >= 0.6 is 0 Å². The van der Waals surface area contributed by atoms with Gasteiger partial charge >= 0.3 is 0 Å². The van der Waals surface area contributed by atoms with Crippen molar-refractivity contribution in [3.8, 4) is 0 Å². The molecule has 3 aliphatic carbocycles. The molecule has 1 unspecified atom stereocenters. The van der Waals surface area contributed by atoms with Gasteiger partial charge in [-0.05, 0) is 43.9 Å². The lowest BCUT2D eigenvalue weighted by atomic mass is 9.91. The normalized spacial score (nSPS) is 37.4. The van der Waals surface area contributed by atoms with Gasteiger partial charge in [-0.25, -0.2) is 0 Å². The van der Waals surface area contributed by atoms with Gasteiger partial charge in [-0.1, -0.05) is 19.3 Å². The molecule has 3 aliphatic rings. The number of hydrogen-bond donors (Lipinski definition) is 1. The van der Waals surface area contributed by atoms with E-state index in [4.69, 9.17) is 0 Å². The fourth-order valence-corrected chi connectivity index (χ4v) is 3.04. The summed E-state index contributed by atoms with van der Waals surface area (Å²) in [7, 11) is 0. The van der Waals surface area contributed by atoms with Gasteiger partial charge < -0.3 is 5.32 Å². The van der Waals surface area contributed by atoms with Crippen molar-refractivity contribution in [1.29, 1.82) is 0 Å². The minimum Gasteiger partial charge on any atom is -0.311 e. The lowest BCUT2D eigenvalue weighted by Gasteiger charge is -2.25. The Labute approximate surface area is 81.3 Å². The van der Waals surface area contributed by atoms with E-state index in [0.29, 0.717) is 0 Å². The van der Waals surface area contributed by atoms with Crippen molar-refractivity contribution in [3.05, 3.63) is 0 Å². The highest BCUT2D eigenvalue weighted by Gasteiger charge is 2.49. The molecular formula is C12H21N. The Morgan fingerprint density at radius 2 is 1.69 bits per heavy atom. The van der Waals surface area contributed by atoms with E-state index in [-0.39, 0.29) is 0 Å². The van der Waals surface area contributed by atoms with Crippen LogP contribution in [0.4, 0.5) is 0 Å². The van der Waals surface area contributed by atoms with Crippen LogP contribution in [0, 0.1) is 5.41 Å². The van der Waals surface area contributed by atoms with Gasteiger partial charge in [0.25, 0.3) is 0 Å². The SMILES string of the molecule is C1CCC(NC2CC2)C2(CC1)CC2. The van der Waals surface area contributed by atoms with E-state index in [1.807, 2.05) is 0 Å². The third kappa shape index (κ3) is 1.63. The van der Waals surface area contributed by atoms with Gasteiger partial charge in [0.15, 0.2) is 0 Å². The number of hydrogen-bond acceptors (Lipinski definition) is 1. The van der Waals surface area contributed by atoms with Crippen molar-refractivity contribution < 1.29 is 0 Å². The summed E-state index contributed by atoms with van der Waals surface area (Å²) in [6, 6.07) is 1.82. The summed E-state index contributed by atoms with van der Waals surface area (Å²) in [5.41, 5.74) is 0.791. The highest BCUT2D eigenvalue weighted by Crippen LogP contribution is 2.55. The van der Waals surface area contributed by atoms with Crippen LogP contribution in [0.15, 0.2) is 0 Å². The molecular weight excluding hydrogens is 158 g/mol. The summed E-state index contributed by atoms with van der Waals surface area (Å²) in [5, 5.41) is 3.89. The first-order valence-electron chi connectivity index (χ1n) is 6.15. The number of nitrogens with one attached hydrogen (secondary N) is 1. The van der Waals surface area contributed by atoms with E-state index in [9.17, 15) is 0 Å². The third-order valence-corrected chi connectivity index (χ3v) is 4.31. The first-order valence-corrected chi connectivity index (χ1v) is 6.15. The van der Waals surface area contributed by atoms with Crippen molar-refractivity contribution in [2.24, 2.45) is 5.41 Å². The summed E-state index contributed by atoms with van der Waals surface area (Å²) < 4.78 is 0. The largest absolute Gasteiger partial charge is 0.311 e. The molecule has 0 aliphatic heterocycles. The first kappa shape index (κ1) is 8.28. The van der Waals surface area contributed by atoms with Gasteiger partial charge in [0.05, 0.1) is 0 Å². The first-order chi connectivity index (χ1) is 6.39. The summed E-state index contributed by atoms with van der Waals surface area (Å²) in [4.78, 5) is 0. The van der Waals surface area contributed by atoms with Crippen LogP contribution in [0.2, 0.25) is 0 Å². The van der Waals surface area contributed by atoms with E-state index in [1.54, 1.807) is 0 Å². The minimum atomic E-state index is 0.791. The van der Waals surface area contributed by atoms with Crippen molar-refractivity contribution in [1.82, 2.24) is 5.32 Å². The zero-order valence-electron chi connectivity index (χ0n) is 8.52. The Morgan fingerprint density at radius 3 is 2.38 bits per heavy atom. The van der Waals surface area contributed by atoms with Crippen LogP contribution in [0.1, 0.15) is 57.8 Å². The van der Waals surface area contributed by atoms with Gasteiger partial charge in [0.2, 0.25) is 0 Å². The van der Waals surface area contributed by atoms with Gasteiger partial charge in [-0.15, -0.1) is 0 Å². The molecule has 1 nitrogen and oxygen atoms in total. The maximum Gasteiger partial charge on any atom is 0.0126 e. The summed E-state index contributed by atoms with van der Waals surface area (Å²) in [6.07, 6.45) is 13.4. The van der Waals surface area contributed by atoms with Gasteiger partial charge in [-0.3, -0.25) is 0 Å². The molecule has 3 saturated carbocycles. The zero-order chi connectivity index (χ0) is 8.73. The van der Waals surface area contributed by atoms with E-state index in [1.165, 1.54) is 57.8 Å². The second-order valence-electron chi connectivity index (χ2n) is 5.46. The average Bonchev–Trinajstić information content (AvgIpc) is 2.98. The molecule has 1 atom stereocenters. The third-order valence-electron chi connectivity index (χ3n) is 4.31. The molecule has 3 fully saturated rings. The van der Waals surface area contributed by atoms with Gasteiger partial charge in [-0.2, -0.15) is 0 Å². The molecule has 74 valence electrons. The number of rotatable bonds is 2. The molecule has 0 heterocycles. The van der Waals surface area contributed by atoms with Crippen LogP contribution < -0.4 is 5.32 Å². The molecule has 1 spiro atoms. The second-order valence-corrected chi connectivity index (χ2v) is 5.46. The van der Waals surface area contributed by atoms with Crippen LogP contribution in [0.3, 0.4) is 0 Å². The summed E-state index contributed by atoms with van der Waals surface area (Å²) in [6.45, 7) is 0. The van der Waals surface area contributed by atoms with Crippen LogP contribution in [-0.2, 0) is 0 Å². The Balaban J connectivity index is 1.66. The van der Waals surface area contributed by atoms with Gasteiger partial charge in [0, 0.05) is 12.1 Å². The molecule has 1 heteroatoms. The summed E-state index contributed by atoms with van der Waals surface area (Å²) in [5.74, 6) is 0. The highest BCUT2D eigenvalue weighted by atomic mass is 15.0. The molecule has 0 aromatic rings.